The molecule has 2 rings (SSSR count). The quantitative estimate of drug-likeness (QED) is 0.907. The molecule has 21 heavy (non-hydrogen) atoms. The summed E-state index contributed by atoms with van der Waals surface area (Å²) in [6.07, 6.45) is 5.99. The van der Waals surface area contributed by atoms with Crippen molar-refractivity contribution in [3.8, 4) is 0 Å². The predicted octanol–water partition coefficient (Wildman–Crippen LogP) is 3.83. The van der Waals surface area contributed by atoms with Crippen LogP contribution >= 0.6 is 0 Å². The van der Waals surface area contributed by atoms with Gasteiger partial charge in [0.1, 0.15) is 5.82 Å². The Morgan fingerprint density at radius 2 is 1.86 bits per heavy atom. The Labute approximate surface area is 128 Å². The molecular weight excluding hydrogens is 258 g/mol. The van der Waals surface area contributed by atoms with Gasteiger partial charge in [0.2, 0.25) is 0 Å². The Morgan fingerprint density at radius 3 is 2.43 bits per heavy atom. The van der Waals surface area contributed by atoms with Crippen molar-refractivity contribution in [2.75, 3.05) is 0 Å². The van der Waals surface area contributed by atoms with E-state index >= 15 is 0 Å². The van der Waals surface area contributed by atoms with Crippen molar-refractivity contribution < 1.29 is 0 Å². The van der Waals surface area contributed by atoms with Gasteiger partial charge in [-0.3, -0.25) is 0 Å². The topological polar surface area (TPSA) is 43.8 Å². The maximum absolute atomic E-state index is 6.36. The van der Waals surface area contributed by atoms with Gasteiger partial charge in [-0.2, -0.15) is 0 Å². The van der Waals surface area contributed by atoms with Crippen molar-refractivity contribution in [1.82, 2.24) is 9.55 Å². The van der Waals surface area contributed by atoms with E-state index in [0.29, 0.717) is 0 Å². The minimum atomic E-state index is 0.00354. The Hall–Kier alpha value is -1.61. The zero-order chi connectivity index (χ0) is 15.5. The number of nitrogens with two attached hydrogens (primary N) is 1. The van der Waals surface area contributed by atoms with Gasteiger partial charge in [-0.05, 0) is 23.0 Å². The van der Waals surface area contributed by atoms with E-state index in [-0.39, 0.29) is 11.5 Å². The number of aryl methyl sites for hydroxylation is 1. The summed E-state index contributed by atoms with van der Waals surface area (Å²) >= 11 is 0. The fraction of sp³-hybridized carbons (Fsp3) is 0.500. The van der Waals surface area contributed by atoms with E-state index in [2.05, 4.69) is 61.5 Å². The molecule has 1 aromatic carbocycles. The highest BCUT2D eigenvalue weighted by atomic mass is 15.1. The summed E-state index contributed by atoms with van der Waals surface area (Å²) < 4.78 is 2.17. The summed E-state index contributed by atoms with van der Waals surface area (Å²) in [4.78, 5) is 4.41. The number of nitrogens with zero attached hydrogens (tertiary/aromatic N) is 2. The highest BCUT2D eigenvalue weighted by Gasteiger charge is 2.15. The maximum atomic E-state index is 6.36. The molecule has 3 nitrogen and oxygen atoms in total. The molecule has 0 saturated carbocycles. The zero-order valence-electron chi connectivity index (χ0n) is 13.6. The van der Waals surface area contributed by atoms with Crippen molar-refractivity contribution in [3.05, 3.63) is 53.6 Å². The Balaban J connectivity index is 2.09. The van der Waals surface area contributed by atoms with Crippen LogP contribution in [0.5, 0.6) is 0 Å². The molecule has 0 radical (unpaired) electrons. The molecule has 2 N–H and O–H groups in total. The third kappa shape index (κ3) is 3.94. The first-order valence-corrected chi connectivity index (χ1v) is 7.78. The molecular formula is C18H27N3. The first-order chi connectivity index (χ1) is 9.91. The van der Waals surface area contributed by atoms with E-state index in [1.165, 1.54) is 11.1 Å². The van der Waals surface area contributed by atoms with Gasteiger partial charge in [0.05, 0.1) is 0 Å². The Morgan fingerprint density at radius 1 is 1.19 bits per heavy atom. The molecule has 1 heterocycles. The molecule has 1 aromatic heterocycles. The van der Waals surface area contributed by atoms with Gasteiger partial charge >= 0.3 is 0 Å². The molecule has 0 aliphatic carbocycles. The van der Waals surface area contributed by atoms with Crippen LogP contribution in [-0.2, 0) is 18.4 Å². The molecule has 0 saturated heterocycles. The standard InChI is InChI=1S/C18H27N3/c1-5-6-17-20-11-12-21(17)13-16(19)14-7-9-15(10-8-14)18(2,3)4/h7-12,16H,5-6,13,19H2,1-4H3. The van der Waals surface area contributed by atoms with Crippen LogP contribution < -0.4 is 5.73 Å². The van der Waals surface area contributed by atoms with E-state index in [1.807, 2.05) is 12.4 Å². The van der Waals surface area contributed by atoms with E-state index in [9.17, 15) is 0 Å². The summed E-state index contributed by atoms with van der Waals surface area (Å²) in [6, 6.07) is 8.69. The lowest BCUT2D eigenvalue weighted by Gasteiger charge is -2.20. The average Bonchev–Trinajstić information content (AvgIpc) is 2.86. The number of hydrogen-bond acceptors (Lipinski definition) is 2. The molecule has 1 atom stereocenters. The lowest BCUT2D eigenvalue weighted by molar-refractivity contribution is 0.550. The largest absolute Gasteiger partial charge is 0.333 e. The molecule has 0 amide bonds. The third-order valence-corrected chi connectivity index (χ3v) is 3.87. The van der Waals surface area contributed by atoms with Crippen molar-refractivity contribution >= 4 is 0 Å². The molecule has 0 fully saturated rings. The number of hydrogen-bond donors (Lipinski definition) is 1. The second-order valence-corrected chi connectivity index (χ2v) is 6.72. The van der Waals surface area contributed by atoms with E-state index in [1.54, 1.807) is 0 Å². The lowest BCUT2D eigenvalue weighted by atomic mass is 9.86. The van der Waals surface area contributed by atoms with Gasteiger partial charge in [-0.15, -0.1) is 0 Å². The molecule has 0 bridgehead atoms. The average molecular weight is 285 g/mol. The molecule has 3 heteroatoms. The summed E-state index contributed by atoms with van der Waals surface area (Å²) in [5.41, 5.74) is 9.06. The highest BCUT2D eigenvalue weighted by Crippen LogP contribution is 2.24. The fourth-order valence-electron chi connectivity index (χ4n) is 2.51. The minimum Gasteiger partial charge on any atom is -0.333 e. The smallest absolute Gasteiger partial charge is 0.108 e. The van der Waals surface area contributed by atoms with Crippen LogP contribution in [0, 0.1) is 0 Å². The van der Waals surface area contributed by atoms with Crippen molar-refractivity contribution in [1.29, 1.82) is 0 Å². The Bertz CT molecular complexity index is 561. The monoisotopic (exact) mass is 285 g/mol. The number of rotatable bonds is 5. The molecule has 114 valence electrons. The van der Waals surface area contributed by atoms with Gasteiger partial charge in [-0.25, -0.2) is 4.98 Å². The van der Waals surface area contributed by atoms with Crippen molar-refractivity contribution in [2.24, 2.45) is 5.73 Å². The summed E-state index contributed by atoms with van der Waals surface area (Å²) in [7, 11) is 0. The van der Waals surface area contributed by atoms with Crippen LogP contribution in [-0.4, -0.2) is 9.55 Å². The fourth-order valence-corrected chi connectivity index (χ4v) is 2.51. The maximum Gasteiger partial charge on any atom is 0.108 e. The zero-order valence-corrected chi connectivity index (χ0v) is 13.6. The predicted molar refractivity (Wildman–Crippen MR) is 88.3 cm³/mol. The second-order valence-electron chi connectivity index (χ2n) is 6.72. The van der Waals surface area contributed by atoms with Gasteiger partial charge in [0.25, 0.3) is 0 Å². The summed E-state index contributed by atoms with van der Waals surface area (Å²) in [6.45, 7) is 9.63. The van der Waals surface area contributed by atoms with Gasteiger partial charge in [-0.1, -0.05) is 52.0 Å². The first-order valence-electron chi connectivity index (χ1n) is 7.78. The molecule has 0 spiro atoms. The normalized spacial score (nSPS) is 13.4. The Kier molecular flexibility index (Phi) is 4.84. The second kappa shape index (κ2) is 6.44. The number of imidazole rings is 1. The van der Waals surface area contributed by atoms with E-state index < -0.39 is 0 Å². The van der Waals surface area contributed by atoms with Crippen LogP contribution in [0.3, 0.4) is 0 Å². The third-order valence-electron chi connectivity index (χ3n) is 3.87. The van der Waals surface area contributed by atoms with Crippen LogP contribution in [0.25, 0.3) is 0 Å². The van der Waals surface area contributed by atoms with Gasteiger partial charge < -0.3 is 10.3 Å². The van der Waals surface area contributed by atoms with Crippen LogP contribution in [0.15, 0.2) is 36.7 Å². The van der Waals surface area contributed by atoms with Crippen molar-refractivity contribution in [2.45, 2.75) is 58.5 Å². The van der Waals surface area contributed by atoms with Crippen LogP contribution in [0.2, 0.25) is 0 Å². The van der Waals surface area contributed by atoms with Gasteiger partial charge in [0.15, 0.2) is 0 Å². The SMILES string of the molecule is CCCc1nccn1CC(N)c1ccc(C(C)(C)C)cc1. The summed E-state index contributed by atoms with van der Waals surface area (Å²) in [5.74, 6) is 1.12. The highest BCUT2D eigenvalue weighted by molar-refractivity contribution is 5.29. The molecule has 0 aliphatic heterocycles. The van der Waals surface area contributed by atoms with Crippen LogP contribution in [0.1, 0.15) is 57.1 Å². The van der Waals surface area contributed by atoms with E-state index in [4.69, 9.17) is 5.73 Å². The molecule has 2 aromatic rings. The van der Waals surface area contributed by atoms with Crippen molar-refractivity contribution in [3.63, 3.8) is 0 Å². The van der Waals surface area contributed by atoms with E-state index in [0.717, 1.165) is 25.2 Å². The minimum absolute atomic E-state index is 0.00354. The first kappa shape index (κ1) is 15.8. The molecule has 0 aliphatic rings. The van der Waals surface area contributed by atoms with Crippen LogP contribution in [0.4, 0.5) is 0 Å². The summed E-state index contributed by atoms with van der Waals surface area (Å²) in [5, 5.41) is 0. The number of aromatic nitrogens is 2. The lowest BCUT2D eigenvalue weighted by Crippen LogP contribution is -2.19. The molecule has 1 unspecified atom stereocenters. The number of benzene rings is 1. The van der Waals surface area contributed by atoms with Gasteiger partial charge in [0, 0.05) is 31.4 Å².